The number of hydrogen-bond acceptors (Lipinski definition) is 3. The summed E-state index contributed by atoms with van der Waals surface area (Å²) in [6.07, 6.45) is 0.0316. The number of aliphatic imine (C=N–C) groups is 1. The van der Waals surface area contributed by atoms with Crippen molar-refractivity contribution in [3.63, 3.8) is 0 Å². The quantitative estimate of drug-likeness (QED) is 0.606. The van der Waals surface area contributed by atoms with E-state index in [0.29, 0.717) is 5.11 Å². The van der Waals surface area contributed by atoms with E-state index in [1.165, 1.54) is 0 Å². The summed E-state index contributed by atoms with van der Waals surface area (Å²) in [7, 11) is 1.77. The number of benzodiazepines with no additional fused rings is 1. The van der Waals surface area contributed by atoms with Crippen LogP contribution in [0.15, 0.2) is 83.9 Å². The van der Waals surface area contributed by atoms with Gasteiger partial charge in [0.15, 0.2) is 5.11 Å². The Morgan fingerprint density at radius 2 is 1.68 bits per heavy atom. The van der Waals surface area contributed by atoms with Gasteiger partial charge in [-0.15, -0.1) is 0 Å². The molecule has 0 saturated heterocycles. The van der Waals surface area contributed by atoms with Gasteiger partial charge >= 0.3 is 0 Å². The molecule has 0 spiro atoms. The molecule has 0 radical (unpaired) electrons. The number of amides is 1. The van der Waals surface area contributed by atoms with Crippen LogP contribution in [0.25, 0.3) is 0 Å². The van der Waals surface area contributed by atoms with Crippen molar-refractivity contribution < 1.29 is 4.79 Å². The van der Waals surface area contributed by atoms with Crippen molar-refractivity contribution >= 4 is 40.3 Å². The van der Waals surface area contributed by atoms with E-state index in [4.69, 9.17) is 17.2 Å². The molecule has 1 unspecified atom stereocenters. The van der Waals surface area contributed by atoms with E-state index in [9.17, 15) is 4.79 Å². The summed E-state index contributed by atoms with van der Waals surface area (Å²) in [6.45, 7) is 2.09. The molecule has 1 amide bonds. The third kappa shape index (κ3) is 4.34. The summed E-state index contributed by atoms with van der Waals surface area (Å²) in [6, 6.07) is 25.7. The van der Waals surface area contributed by atoms with Gasteiger partial charge in [-0.05, 0) is 36.3 Å². The van der Waals surface area contributed by atoms with Gasteiger partial charge in [0.2, 0.25) is 6.17 Å². The van der Waals surface area contributed by atoms with Crippen LogP contribution in [0.2, 0.25) is 0 Å². The number of likely N-dealkylation sites (N-methyl/N-ethyl adjacent to an activating group) is 1. The molecule has 3 aromatic carbocycles. The van der Waals surface area contributed by atoms with Gasteiger partial charge in [-0.1, -0.05) is 73.7 Å². The molecule has 6 heteroatoms. The Bertz CT molecular complexity index is 1140. The fourth-order valence-electron chi connectivity index (χ4n) is 3.68. The zero-order valence-electron chi connectivity index (χ0n) is 17.5. The molecule has 31 heavy (non-hydrogen) atoms. The summed E-state index contributed by atoms with van der Waals surface area (Å²) < 4.78 is 0. The van der Waals surface area contributed by atoms with E-state index in [0.717, 1.165) is 40.2 Å². The maximum Gasteiger partial charge on any atom is 0.272 e. The van der Waals surface area contributed by atoms with Crippen molar-refractivity contribution in [3.05, 3.63) is 95.6 Å². The zero-order valence-corrected chi connectivity index (χ0v) is 18.3. The Hall–Kier alpha value is -3.51. The van der Waals surface area contributed by atoms with Crippen molar-refractivity contribution in [2.24, 2.45) is 4.99 Å². The molecular weight excluding hydrogens is 404 g/mol. The minimum absolute atomic E-state index is 0.175. The van der Waals surface area contributed by atoms with Crippen LogP contribution in [0.1, 0.15) is 23.6 Å². The van der Waals surface area contributed by atoms with Crippen LogP contribution in [0.4, 0.5) is 11.4 Å². The van der Waals surface area contributed by atoms with Crippen molar-refractivity contribution in [1.29, 1.82) is 0 Å². The number of carbonyl (C=O) groups excluding carboxylic acids is 1. The molecule has 0 fully saturated rings. The van der Waals surface area contributed by atoms with E-state index in [2.05, 4.69) is 23.6 Å². The van der Waals surface area contributed by atoms with Gasteiger partial charge in [-0.3, -0.25) is 4.79 Å². The number of para-hydroxylation sites is 2. The minimum Gasteiger partial charge on any atom is -0.333 e. The van der Waals surface area contributed by atoms with Crippen LogP contribution >= 0.6 is 12.2 Å². The normalized spacial score (nSPS) is 15.5. The maximum absolute atomic E-state index is 13.3. The monoisotopic (exact) mass is 428 g/mol. The highest BCUT2D eigenvalue weighted by atomic mass is 32.1. The standard InChI is InChI=1S/C25H24N4OS/c1-3-17-11-7-9-15-20(17)26-25(31)28-23-24(30)29(2)21-16-10-8-14-19(21)22(27-23)18-12-5-4-6-13-18/h4-16,23H,3H2,1-2H3,(H2,26,28,31). The molecule has 156 valence electrons. The topological polar surface area (TPSA) is 56.7 Å². The maximum atomic E-state index is 13.3. The van der Waals surface area contributed by atoms with Crippen LogP contribution < -0.4 is 15.5 Å². The van der Waals surface area contributed by atoms with Gasteiger partial charge in [0, 0.05) is 23.9 Å². The number of benzene rings is 3. The summed E-state index contributed by atoms with van der Waals surface area (Å²) in [5.41, 5.74) is 5.49. The Balaban J connectivity index is 1.68. The number of anilines is 2. The van der Waals surface area contributed by atoms with Crippen LogP contribution in [-0.4, -0.2) is 29.9 Å². The van der Waals surface area contributed by atoms with Crippen molar-refractivity contribution in [2.75, 3.05) is 17.3 Å². The Kier molecular flexibility index (Phi) is 6.09. The molecule has 2 N–H and O–H groups in total. The molecule has 0 aliphatic carbocycles. The fourth-order valence-corrected chi connectivity index (χ4v) is 3.90. The smallest absolute Gasteiger partial charge is 0.272 e. The molecular formula is C25H24N4OS. The fraction of sp³-hybridized carbons (Fsp3) is 0.160. The molecule has 5 nitrogen and oxygen atoms in total. The molecule has 4 rings (SSSR count). The van der Waals surface area contributed by atoms with Crippen LogP contribution in [-0.2, 0) is 11.2 Å². The number of hydrogen-bond donors (Lipinski definition) is 2. The molecule has 1 heterocycles. The third-order valence-corrected chi connectivity index (χ3v) is 5.52. The Labute approximate surface area is 187 Å². The van der Waals surface area contributed by atoms with Gasteiger partial charge in [-0.25, -0.2) is 4.99 Å². The minimum atomic E-state index is -0.846. The van der Waals surface area contributed by atoms with Gasteiger partial charge in [0.1, 0.15) is 0 Å². The Morgan fingerprint density at radius 1 is 1.00 bits per heavy atom. The number of carbonyl (C=O) groups is 1. The highest BCUT2D eigenvalue weighted by Crippen LogP contribution is 2.27. The molecule has 0 bridgehead atoms. The third-order valence-electron chi connectivity index (χ3n) is 5.30. The molecule has 0 aromatic heterocycles. The number of rotatable bonds is 4. The molecule has 1 atom stereocenters. The van der Waals surface area contributed by atoms with Crippen molar-refractivity contribution in [3.8, 4) is 0 Å². The second kappa shape index (κ2) is 9.10. The summed E-state index contributed by atoms with van der Waals surface area (Å²) >= 11 is 5.54. The number of nitrogens with one attached hydrogen (secondary N) is 2. The molecule has 1 aliphatic heterocycles. The average molecular weight is 429 g/mol. The highest BCUT2D eigenvalue weighted by molar-refractivity contribution is 7.80. The van der Waals surface area contributed by atoms with Crippen LogP contribution in [0.5, 0.6) is 0 Å². The zero-order chi connectivity index (χ0) is 21.8. The molecule has 0 saturated carbocycles. The van der Waals surface area contributed by atoms with E-state index in [1.54, 1.807) is 11.9 Å². The molecule has 3 aromatic rings. The first-order valence-electron chi connectivity index (χ1n) is 10.2. The van der Waals surface area contributed by atoms with Crippen molar-refractivity contribution in [1.82, 2.24) is 5.32 Å². The van der Waals surface area contributed by atoms with Crippen LogP contribution in [0, 0.1) is 0 Å². The first-order valence-corrected chi connectivity index (χ1v) is 10.6. The van der Waals surface area contributed by atoms with Crippen molar-refractivity contribution in [2.45, 2.75) is 19.5 Å². The van der Waals surface area contributed by atoms with Gasteiger partial charge in [-0.2, -0.15) is 0 Å². The molecule has 1 aliphatic rings. The van der Waals surface area contributed by atoms with Gasteiger partial charge in [0.05, 0.1) is 11.4 Å². The van der Waals surface area contributed by atoms with Crippen LogP contribution in [0.3, 0.4) is 0 Å². The first-order chi connectivity index (χ1) is 15.1. The number of fused-ring (bicyclic) bond motifs is 1. The lowest BCUT2D eigenvalue weighted by molar-refractivity contribution is -0.119. The second-order valence-electron chi connectivity index (χ2n) is 7.27. The second-order valence-corrected chi connectivity index (χ2v) is 7.68. The predicted octanol–water partition coefficient (Wildman–Crippen LogP) is 4.38. The van der Waals surface area contributed by atoms with Gasteiger partial charge < -0.3 is 15.5 Å². The van der Waals surface area contributed by atoms with E-state index >= 15 is 0 Å². The largest absolute Gasteiger partial charge is 0.333 e. The number of nitrogens with zero attached hydrogens (tertiary/aromatic N) is 2. The number of thiocarbonyl (C=S) groups is 1. The lowest BCUT2D eigenvalue weighted by Crippen LogP contribution is -2.47. The summed E-state index contributed by atoms with van der Waals surface area (Å²) in [5.74, 6) is -0.175. The highest BCUT2D eigenvalue weighted by Gasteiger charge is 2.30. The number of aryl methyl sites for hydroxylation is 1. The lowest BCUT2D eigenvalue weighted by Gasteiger charge is -2.22. The lowest BCUT2D eigenvalue weighted by atomic mass is 10.0. The van der Waals surface area contributed by atoms with E-state index in [-0.39, 0.29) is 5.91 Å². The van der Waals surface area contributed by atoms with E-state index < -0.39 is 6.17 Å². The average Bonchev–Trinajstić information content (AvgIpc) is 2.91. The SMILES string of the molecule is CCc1ccccc1NC(=S)NC1N=C(c2ccccc2)c2ccccc2N(C)C1=O. The summed E-state index contributed by atoms with van der Waals surface area (Å²) in [4.78, 5) is 19.7. The van der Waals surface area contributed by atoms with Gasteiger partial charge in [0.25, 0.3) is 5.91 Å². The first kappa shape index (κ1) is 20.8. The van der Waals surface area contributed by atoms with E-state index in [1.807, 2.05) is 72.8 Å². The predicted molar refractivity (Wildman–Crippen MR) is 131 cm³/mol. The summed E-state index contributed by atoms with van der Waals surface area (Å²) in [5, 5.41) is 6.69. The Morgan fingerprint density at radius 3 is 2.45 bits per heavy atom.